The highest BCUT2D eigenvalue weighted by Crippen LogP contribution is 2.25. The highest BCUT2D eigenvalue weighted by molar-refractivity contribution is 5.84. The van der Waals surface area contributed by atoms with E-state index in [1.165, 1.54) is 0 Å². The largest absolute Gasteiger partial charge is 0.296 e. The van der Waals surface area contributed by atoms with Crippen LogP contribution in [0.25, 0.3) is 11.3 Å². The average Bonchev–Trinajstić information content (AvgIpc) is 2.79. The second-order valence-electron chi connectivity index (χ2n) is 5.16. The van der Waals surface area contributed by atoms with Gasteiger partial charge in [-0.05, 0) is 24.8 Å². The van der Waals surface area contributed by atoms with Crippen molar-refractivity contribution in [3.63, 3.8) is 0 Å². The average molecular weight is 257 g/mol. The quantitative estimate of drug-likeness (QED) is 0.773. The molecule has 0 saturated heterocycles. The van der Waals surface area contributed by atoms with E-state index in [9.17, 15) is 4.79 Å². The number of carbonyl (C=O) groups excluding carboxylic acids is 1. The molecular formula is C15H19N3O. The first-order valence-corrected chi connectivity index (χ1v) is 6.58. The molecule has 100 valence electrons. The maximum absolute atomic E-state index is 11.1. The number of hydrogen-bond acceptors (Lipinski definition) is 3. The second kappa shape index (κ2) is 5.78. The standard InChI is InChI=1S/C15H19N3O/c1-11(2)8-9-18-15(14(10-19)16-17-18)13-7-5-4-6-12(13)3/h4-7,10-11H,8-9H2,1-3H3. The highest BCUT2D eigenvalue weighted by Gasteiger charge is 2.15. The fraction of sp³-hybridized carbons (Fsp3) is 0.400. The SMILES string of the molecule is Cc1ccccc1-c1c(C=O)nnn1CCC(C)C. The minimum atomic E-state index is 0.415. The lowest BCUT2D eigenvalue weighted by Gasteiger charge is -2.10. The summed E-state index contributed by atoms with van der Waals surface area (Å²) >= 11 is 0. The molecule has 0 aliphatic rings. The Balaban J connectivity index is 2.45. The molecule has 1 aromatic carbocycles. The summed E-state index contributed by atoms with van der Waals surface area (Å²) in [6.07, 6.45) is 1.79. The summed E-state index contributed by atoms with van der Waals surface area (Å²) < 4.78 is 1.84. The summed E-state index contributed by atoms with van der Waals surface area (Å²) in [4.78, 5) is 11.1. The van der Waals surface area contributed by atoms with E-state index in [1.54, 1.807) is 0 Å². The van der Waals surface area contributed by atoms with Crippen LogP contribution in [0, 0.1) is 12.8 Å². The maximum Gasteiger partial charge on any atom is 0.172 e. The van der Waals surface area contributed by atoms with Crippen LogP contribution in [0.3, 0.4) is 0 Å². The predicted molar refractivity (Wildman–Crippen MR) is 75.0 cm³/mol. The Morgan fingerprint density at radius 3 is 2.68 bits per heavy atom. The third kappa shape index (κ3) is 2.89. The third-order valence-electron chi connectivity index (χ3n) is 3.19. The molecule has 19 heavy (non-hydrogen) atoms. The highest BCUT2D eigenvalue weighted by atomic mass is 16.1. The smallest absolute Gasteiger partial charge is 0.172 e. The first kappa shape index (κ1) is 13.5. The van der Waals surface area contributed by atoms with Gasteiger partial charge < -0.3 is 0 Å². The minimum Gasteiger partial charge on any atom is -0.296 e. The zero-order chi connectivity index (χ0) is 13.8. The Labute approximate surface area is 113 Å². The molecule has 0 unspecified atom stereocenters. The van der Waals surface area contributed by atoms with Crippen LogP contribution >= 0.6 is 0 Å². The fourth-order valence-corrected chi connectivity index (χ4v) is 2.06. The molecule has 4 heteroatoms. The van der Waals surface area contributed by atoms with Crippen molar-refractivity contribution >= 4 is 6.29 Å². The molecule has 0 amide bonds. The van der Waals surface area contributed by atoms with Gasteiger partial charge in [0.1, 0.15) is 0 Å². The summed E-state index contributed by atoms with van der Waals surface area (Å²) in [5.74, 6) is 0.591. The molecule has 0 radical (unpaired) electrons. The number of carbonyl (C=O) groups is 1. The van der Waals surface area contributed by atoms with E-state index in [1.807, 2.05) is 35.9 Å². The third-order valence-corrected chi connectivity index (χ3v) is 3.19. The summed E-state index contributed by atoms with van der Waals surface area (Å²) in [6, 6.07) is 8.00. The first-order chi connectivity index (χ1) is 9.13. The van der Waals surface area contributed by atoms with Crippen LogP contribution in [0.15, 0.2) is 24.3 Å². The van der Waals surface area contributed by atoms with E-state index in [0.717, 1.165) is 36.1 Å². The summed E-state index contributed by atoms with van der Waals surface area (Å²) in [5.41, 5.74) is 3.39. The molecule has 1 heterocycles. The van der Waals surface area contributed by atoms with Crippen LogP contribution in [0.4, 0.5) is 0 Å². The first-order valence-electron chi connectivity index (χ1n) is 6.58. The van der Waals surface area contributed by atoms with Crippen LogP contribution in [0.5, 0.6) is 0 Å². The molecule has 0 aliphatic carbocycles. The summed E-state index contributed by atoms with van der Waals surface area (Å²) in [6.45, 7) is 7.15. The van der Waals surface area contributed by atoms with Gasteiger partial charge in [0.25, 0.3) is 0 Å². The predicted octanol–water partition coefficient (Wildman–Crippen LogP) is 3.11. The van der Waals surface area contributed by atoms with Crippen molar-refractivity contribution < 1.29 is 4.79 Å². The number of aryl methyl sites for hydroxylation is 2. The molecular weight excluding hydrogens is 238 g/mol. The van der Waals surface area contributed by atoms with Gasteiger partial charge in [-0.15, -0.1) is 5.10 Å². The molecule has 2 aromatic rings. The van der Waals surface area contributed by atoms with E-state index in [2.05, 4.69) is 24.2 Å². The van der Waals surface area contributed by atoms with Gasteiger partial charge >= 0.3 is 0 Å². The number of rotatable bonds is 5. The van der Waals surface area contributed by atoms with Crippen LogP contribution < -0.4 is 0 Å². The molecule has 0 atom stereocenters. The van der Waals surface area contributed by atoms with Crippen LogP contribution in [0.2, 0.25) is 0 Å². The van der Waals surface area contributed by atoms with Gasteiger partial charge in [0, 0.05) is 12.1 Å². The maximum atomic E-state index is 11.1. The van der Waals surface area contributed by atoms with E-state index < -0.39 is 0 Å². The van der Waals surface area contributed by atoms with Gasteiger partial charge in [-0.2, -0.15) is 0 Å². The Kier molecular flexibility index (Phi) is 4.10. The Morgan fingerprint density at radius 1 is 1.32 bits per heavy atom. The van der Waals surface area contributed by atoms with Crippen molar-refractivity contribution in [2.45, 2.75) is 33.7 Å². The van der Waals surface area contributed by atoms with Crippen LogP contribution in [-0.2, 0) is 6.54 Å². The van der Waals surface area contributed by atoms with Gasteiger partial charge in [0.15, 0.2) is 12.0 Å². The Morgan fingerprint density at radius 2 is 2.05 bits per heavy atom. The van der Waals surface area contributed by atoms with Crippen molar-refractivity contribution in [3.8, 4) is 11.3 Å². The van der Waals surface area contributed by atoms with Crippen molar-refractivity contribution in [3.05, 3.63) is 35.5 Å². The molecule has 0 fully saturated rings. The zero-order valence-corrected chi connectivity index (χ0v) is 11.6. The van der Waals surface area contributed by atoms with Crippen molar-refractivity contribution in [2.75, 3.05) is 0 Å². The van der Waals surface area contributed by atoms with Crippen molar-refractivity contribution in [1.29, 1.82) is 0 Å². The van der Waals surface area contributed by atoms with E-state index in [4.69, 9.17) is 0 Å². The van der Waals surface area contributed by atoms with Crippen LogP contribution in [0.1, 0.15) is 36.3 Å². The molecule has 1 aromatic heterocycles. The summed E-state index contributed by atoms with van der Waals surface area (Å²) in [7, 11) is 0. The molecule has 0 N–H and O–H groups in total. The molecule has 2 rings (SSSR count). The second-order valence-corrected chi connectivity index (χ2v) is 5.16. The summed E-state index contributed by atoms with van der Waals surface area (Å²) in [5, 5.41) is 8.09. The number of aromatic nitrogens is 3. The topological polar surface area (TPSA) is 47.8 Å². The number of hydrogen-bond donors (Lipinski definition) is 0. The molecule has 0 bridgehead atoms. The monoisotopic (exact) mass is 257 g/mol. The number of benzene rings is 1. The normalized spacial score (nSPS) is 10.9. The Bertz CT molecular complexity index is 573. The van der Waals surface area contributed by atoms with Crippen LogP contribution in [-0.4, -0.2) is 21.3 Å². The molecule has 0 saturated carbocycles. The Hall–Kier alpha value is -1.97. The van der Waals surface area contributed by atoms with Crippen molar-refractivity contribution in [2.24, 2.45) is 5.92 Å². The lowest BCUT2D eigenvalue weighted by molar-refractivity contribution is 0.111. The molecule has 0 spiro atoms. The van der Waals surface area contributed by atoms with Gasteiger partial charge in [0.05, 0.1) is 5.69 Å². The number of nitrogens with zero attached hydrogens (tertiary/aromatic N) is 3. The minimum absolute atomic E-state index is 0.415. The molecule has 4 nitrogen and oxygen atoms in total. The van der Waals surface area contributed by atoms with Gasteiger partial charge in [-0.3, -0.25) is 4.79 Å². The lowest BCUT2D eigenvalue weighted by Crippen LogP contribution is -2.06. The van der Waals surface area contributed by atoms with Gasteiger partial charge in [0.2, 0.25) is 0 Å². The van der Waals surface area contributed by atoms with Gasteiger partial charge in [-0.25, -0.2) is 4.68 Å². The van der Waals surface area contributed by atoms with Crippen molar-refractivity contribution in [1.82, 2.24) is 15.0 Å². The van der Waals surface area contributed by atoms with E-state index in [-0.39, 0.29) is 0 Å². The fourth-order valence-electron chi connectivity index (χ4n) is 2.06. The molecule has 0 aliphatic heterocycles. The van der Waals surface area contributed by atoms with Gasteiger partial charge in [-0.1, -0.05) is 43.3 Å². The van der Waals surface area contributed by atoms with E-state index >= 15 is 0 Å². The van der Waals surface area contributed by atoms with E-state index in [0.29, 0.717) is 11.6 Å². The zero-order valence-electron chi connectivity index (χ0n) is 11.6. The number of aldehydes is 1. The lowest BCUT2D eigenvalue weighted by atomic mass is 10.0.